The second-order valence-electron chi connectivity index (χ2n) is 5.35. The Morgan fingerprint density at radius 3 is 2.35 bits per heavy atom. The van der Waals surface area contributed by atoms with Crippen LogP contribution in [0.5, 0.6) is 0 Å². The quantitative estimate of drug-likeness (QED) is 0.746. The largest absolute Gasteiger partial charge is 0.478 e. The van der Waals surface area contributed by atoms with Gasteiger partial charge in [0.1, 0.15) is 0 Å². The summed E-state index contributed by atoms with van der Waals surface area (Å²) in [4.78, 5) is 26.3. The summed E-state index contributed by atoms with van der Waals surface area (Å²) in [5.74, 6) is -0.654. The van der Waals surface area contributed by atoms with Crippen molar-refractivity contribution in [2.45, 2.75) is 12.8 Å². The summed E-state index contributed by atoms with van der Waals surface area (Å²) in [6.45, 7) is 6.15. The maximum atomic E-state index is 11.7. The number of carbonyl (C=O) groups excluding carboxylic acids is 1. The number of rotatable bonds is 4. The third-order valence-corrected chi connectivity index (χ3v) is 3.91. The summed E-state index contributed by atoms with van der Waals surface area (Å²) in [7, 11) is 0. The van der Waals surface area contributed by atoms with E-state index in [9.17, 15) is 9.59 Å². The van der Waals surface area contributed by atoms with Crippen molar-refractivity contribution in [1.29, 1.82) is 0 Å². The molecule has 1 amide bonds. The van der Waals surface area contributed by atoms with Crippen LogP contribution in [0, 0.1) is 5.92 Å². The molecule has 2 rings (SSSR count). The summed E-state index contributed by atoms with van der Waals surface area (Å²) >= 11 is 0. The monoisotopic (exact) mass is 282 g/mol. The Morgan fingerprint density at radius 1 is 1.10 bits per heavy atom. The van der Waals surface area contributed by atoms with Crippen LogP contribution in [-0.4, -0.2) is 72.7 Å². The van der Waals surface area contributed by atoms with Gasteiger partial charge < -0.3 is 14.7 Å². The number of carboxylic acids is 1. The summed E-state index contributed by atoms with van der Waals surface area (Å²) in [6.07, 6.45) is 4.03. The van der Waals surface area contributed by atoms with Gasteiger partial charge in [0, 0.05) is 44.9 Å². The number of carboxylic acid groups (broad SMARTS) is 1. The molecule has 2 heterocycles. The first kappa shape index (κ1) is 15.0. The molecular weight excluding hydrogens is 260 g/mol. The molecule has 0 aromatic rings. The molecule has 20 heavy (non-hydrogen) atoms. The summed E-state index contributed by atoms with van der Waals surface area (Å²) in [5.41, 5.74) is 0. The molecular formula is C14H22N2O4. The number of hydrogen-bond acceptors (Lipinski definition) is 4. The van der Waals surface area contributed by atoms with Gasteiger partial charge in [-0.1, -0.05) is 0 Å². The van der Waals surface area contributed by atoms with Gasteiger partial charge >= 0.3 is 5.97 Å². The van der Waals surface area contributed by atoms with Crippen LogP contribution in [0.3, 0.4) is 0 Å². The second-order valence-corrected chi connectivity index (χ2v) is 5.35. The van der Waals surface area contributed by atoms with E-state index < -0.39 is 5.97 Å². The normalized spacial score (nSPS) is 22.3. The number of morpholine rings is 1. The Balaban J connectivity index is 1.71. The molecule has 0 saturated carbocycles. The van der Waals surface area contributed by atoms with E-state index in [1.54, 1.807) is 4.90 Å². The van der Waals surface area contributed by atoms with Crippen LogP contribution < -0.4 is 0 Å². The first-order valence-corrected chi connectivity index (χ1v) is 7.15. The van der Waals surface area contributed by atoms with E-state index in [2.05, 4.69) is 4.90 Å². The van der Waals surface area contributed by atoms with Crippen LogP contribution in [-0.2, 0) is 14.3 Å². The predicted molar refractivity (Wildman–Crippen MR) is 73.3 cm³/mol. The van der Waals surface area contributed by atoms with Crippen molar-refractivity contribution in [1.82, 2.24) is 9.80 Å². The Morgan fingerprint density at radius 2 is 1.75 bits per heavy atom. The molecule has 2 saturated heterocycles. The Hall–Kier alpha value is -1.40. The van der Waals surface area contributed by atoms with Gasteiger partial charge in [0.25, 0.3) is 0 Å². The van der Waals surface area contributed by atoms with E-state index in [-0.39, 0.29) is 5.91 Å². The number of likely N-dealkylation sites (tertiary alicyclic amines) is 1. The van der Waals surface area contributed by atoms with E-state index in [4.69, 9.17) is 9.84 Å². The van der Waals surface area contributed by atoms with Crippen molar-refractivity contribution in [3.05, 3.63) is 12.2 Å². The molecule has 0 atom stereocenters. The molecule has 0 aromatic carbocycles. The first-order chi connectivity index (χ1) is 9.65. The molecule has 0 aromatic heterocycles. The minimum atomic E-state index is -1.08. The lowest BCUT2D eigenvalue weighted by Gasteiger charge is -2.35. The summed E-state index contributed by atoms with van der Waals surface area (Å²) in [6, 6.07) is 0. The van der Waals surface area contributed by atoms with Crippen LogP contribution in [0.25, 0.3) is 0 Å². The molecule has 0 bridgehead atoms. The standard InChI is InChI=1S/C14H22N2O4/c17-13(1-2-14(18)19)16-5-3-12(4-6-16)11-15-7-9-20-10-8-15/h1-2,12H,3-11H2,(H,18,19)/b2-1+. The summed E-state index contributed by atoms with van der Waals surface area (Å²) in [5, 5.41) is 8.51. The molecule has 2 aliphatic heterocycles. The number of ether oxygens (including phenoxy) is 1. The van der Waals surface area contributed by atoms with Crippen molar-refractivity contribution in [3.63, 3.8) is 0 Å². The first-order valence-electron chi connectivity index (χ1n) is 7.15. The maximum absolute atomic E-state index is 11.7. The molecule has 2 fully saturated rings. The lowest BCUT2D eigenvalue weighted by atomic mass is 9.96. The van der Waals surface area contributed by atoms with E-state index in [1.165, 1.54) is 0 Å². The van der Waals surface area contributed by atoms with Crippen molar-refractivity contribution >= 4 is 11.9 Å². The van der Waals surface area contributed by atoms with E-state index in [0.717, 1.165) is 70.9 Å². The third kappa shape index (κ3) is 4.61. The Bertz CT molecular complexity index is 369. The molecule has 2 aliphatic rings. The topological polar surface area (TPSA) is 70.1 Å². The lowest BCUT2D eigenvalue weighted by Crippen LogP contribution is -2.44. The van der Waals surface area contributed by atoms with E-state index >= 15 is 0 Å². The van der Waals surface area contributed by atoms with Crippen LogP contribution in [0.2, 0.25) is 0 Å². The van der Waals surface area contributed by atoms with Crippen LogP contribution in [0.4, 0.5) is 0 Å². The van der Waals surface area contributed by atoms with Gasteiger partial charge in [0.2, 0.25) is 5.91 Å². The number of nitrogens with zero attached hydrogens (tertiary/aromatic N) is 2. The summed E-state index contributed by atoms with van der Waals surface area (Å²) < 4.78 is 5.33. The average molecular weight is 282 g/mol. The number of piperidine rings is 1. The van der Waals surface area contributed by atoms with Gasteiger partial charge in [-0.2, -0.15) is 0 Å². The van der Waals surface area contributed by atoms with Crippen LogP contribution in [0.15, 0.2) is 12.2 Å². The molecule has 6 heteroatoms. The van der Waals surface area contributed by atoms with Gasteiger partial charge in [0.15, 0.2) is 0 Å². The van der Waals surface area contributed by atoms with Gasteiger partial charge in [-0.3, -0.25) is 9.69 Å². The zero-order chi connectivity index (χ0) is 14.4. The molecule has 1 N–H and O–H groups in total. The highest BCUT2D eigenvalue weighted by Gasteiger charge is 2.24. The molecule has 0 radical (unpaired) electrons. The smallest absolute Gasteiger partial charge is 0.328 e. The zero-order valence-electron chi connectivity index (χ0n) is 11.7. The number of amides is 1. The van der Waals surface area contributed by atoms with Crippen LogP contribution in [0.1, 0.15) is 12.8 Å². The molecule has 0 unspecified atom stereocenters. The highest BCUT2D eigenvalue weighted by Crippen LogP contribution is 2.19. The SMILES string of the molecule is O=C(O)/C=C/C(=O)N1CCC(CN2CCOCC2)CC1. The van der Waals surface area contributed by atoms with Crippen LogP contribution >= 0.6 is 0 Å². The fourth-order valence-electron chi connectivity index (χ4n) is 2.73. The zero-order valence-corrected chi connectivity index (χ0v) is 11.7. The van der Waals surface area contributed by atoms with Gasteiger partial charge in [0.05, 0.1) is 13.2 Å². The van der Waals surface area contributed by atoms with E-state index in [1.807, 2.05) is 0 Å². The number of aliphatic carboxylic acids is 1. The number of hydrogen-bond donors (Lipinski definition) is 1. The highest BCUT2D eigenvalue weighted by atomic mass is 16.5. The van der Waals surface area contributed by atoms with Gasteiger partial charge in [-0.05, 0) is 18.8 Å². The van der Waals surface area contributed by atoms with Crippen molar-refractivity contribution < 1.29 is 19.4 Å². The molecule has 0 aliphatic carbocycles. The fourth-order valence-corrected chi connectivity index (χ4v) is 2.73. The molecule has 6 nitrogen and oxygen atoms in total. The minimum Gasteiger partial charge on any atom is -0.478 e. The highest BCUT2D eigenvalue weighted by molar-refractivity contribution is 5.93. The van der Waals surface area contributed by atoms with Crippen molar-refractivity contribution in [3.8, 4) is 0 Å². The van der Waals surface area contributed by atoms with Crippen molar-refractivity contribution in [2.75, 3.05) is 45.9 Å². The predicted octanol–water partition coefficient (Wildman–Crippen LogP) is 0.198. The molecule has 112 valence electrons. The third-order valence-electron chi connectivity index (χ3n) is 3.91. The maximum Gasteiger partial charge on any atom is 0.328 e. The fraction of sp³-hybridized carbons (Fsp3) is 0.714. The lowest BCUT2D eigenvalue weighted by molar-refractivity contribution is -0.132. The van der Waals surface area contributed by atoms with Gasteiger partial charge in [-0.15, -0.1) is 0 Å². The van der Waals surface area contributed by atoms with Gasteiger partial charge in [-0.25, -0.2) is 4.79 Å². The van der Waals surface area contributed by atoms with Crippen molar-refractivity contribution in [2.24, 2.45) is 5.92 Å². The average Bonchev–Trinajstić information content (AvgIpc) is 2.46. The van der Waals surface area contributed by atoms with E-state index in [0.29, 0.717) is 5.92 Å². The number of carbonyl (C=O) groups is 2. The molecule has 0 spiro atoms. The second kappa shape index (κ2) is 7.40. The Kier molecular flexibility index (Phi) is 5.55. The minimum absolute atomic E-state index is 0.197. The Labute approximate surface area is 119 Å².